The van der Waals surface area contributed by atoms with Gasteiger partial charge in [0.05, 0.1) is 14.2 Å². The standard InChI is InChI=1S/C16H20N4O3/c1-9-6-11(9)12-8-15(20-19-12)18-16(21)17-10-4-5-13(22-2)14(7-10)23-3/h4-5,7-9,11H,6H2,1-3H3,(H3,17,18,19,20,21). The number of rotatable bonds is 5. The number of amides is 2. The smallest absolute Gasteiger partial charge is 0.324 e. The van der Waals surface area contributed by atoms with Gasteiger partial charge in [-0.05, 0) is 24.5 Å². The third kappa shape index (κ3) is 3.39. The van der Waals surface area contributed by atoms with Crippen molar-refractivity contribution in [1.29, 1.82) is 0 Å². The molecular weight excluding hydrogens is 296 g/mol. The Hall–Kier alpha value is -2.70. The first kappa shape index (κ1) is 15.2. The molecule has 0 spiro atoms. The molecular formula is C16H20N4O3. The van der Waals surface area contributed by atoms with E-state index < -0.39 is 0 Å². The first-order chi connectivity index (χ1) is 11.1. The number of urea groups is 1. The molecule has 0 radical (unpaired) electrons. The van der Waals surface area contributed by atoms with Crippen LogP contribution in [0.1, 0.15) is 25.0 Å². The molecule has 1 fully saturated rings. The second-order valence-electron chi connectivity index (χ2n) is 5.68. The van der Waals surface area contributed by atoms with Gasteiger partial charge in [-0.25, -0.2) is 4.79 Å². The number of methoxy groups -OCH3 is 2. The van der Waals surface area contributed by atoms with Crippen LogP contribution in [0.25, 0.3) is 0 Å². The highest BCUT2D eigenvalue weighted by Crippen LogP contribution is 2.46. The summed E-state index contributed by atoms with van der Waals surface area (Å²) in [4.78, 5) is 12.0. The maximum atomic E-state index is 12.0. The number of carbonyl (C=O) groups is 1. The summed E-state index contributed by atoms with van der Waals surface area (Å²) >= 11 is 0. The molecule has 1 heterocycles. The van der Waals surface area contributed by atoms with Crippen molar-refractivity contribution in [3.63, 3.8) is 0 Å². The number of benzene rings is 1. The van der Waals surface area contributed by atoms with Gasteiger partial charge in [-0.2, -0.15) is 5.10 Å². The maximum absolute atomic E-state index is 12.0. The second kappa shape index (κ2) is 6.20. The number of hydrogen-bond donors (Lipinski definition) is 3. The van der Waals surface area contributed by atoms with Crippen LogP contribution in [0.2, 0.25) is 0 Å². The topological polar surface area (TPSA) is 88.3 Å². The molecule has 0 saturated heterocycles. The third-order valence-electron chi connectivity index (χ3n) is 3.99. The van der Waals surface area contributed by atoms with Crippen molar-refractivity contribution >= 4 is 17.5 Å². The zero-order valence-electron chi connectivity index (χ0n) is 13.3. The van der Waals surface area contributed by atoms with Gasteiger partial charge in [0.25, 0.3) is 0 Å². The molecule has 7 nitrogen and oxygen atoms in total. The number of anilines is 2. The number of H-pyrrole nitrogens is 1. The van der Waals surface area contributed by atoms with Gasteiger partial charge in [0.15, 0.2) is 17.3 Å². The van der Waals surface area contributed by atoms with Gasteiger partial charge in [0.2, 0.25) is 0 Å². The van der Waals surface area contributed by atoms with Crippen LogP contribution >= 0.6 is 0 Å². The zero-order valence-corrected chi connectivity index (χ0v) is 13.3. The van der Waals surface area contributed by atoms with E-state index in [1.165, 1.54) is 6.42 Å². The molecule has 2 atom stereocenters. The van der Waals surface area contributed by atoms with Gasteiger partial charge in [-0.1, -0.05) is 6.92 Å². The molecule has 1 aliphatic rings. The lowest BCUT2D eigenvalue weighted by Crippen LogP contribution is -2.19. The van der Waals surface area contributed by atoms with Crippen LogP contribution in [-0.4, -0.2) is 30.4 Å². The van der Waals surface area contributed by atoms with Crippen LogP contribution in [0, 0.1) is 5.92 Å². The van der Waals surface area contributed by atoms with E-state index in [1.54, 1.807) is 32.4 Å². The molecule has 0 bridgehead atoms. The van der Waals surface area contributed by atoms with E-state index >= 15 is 0 Å². The molecule has 0 aliphatic heterocycles. The summed E-state index contributed by atoms with van der Waals surface area (Å²) in [6.07, 6.45) is 1.17. The maximum Gasteiger partial charge on any atom is 0.324 e. The van der Waals surface area contributed by atoms with E-state index in [1.807, 2.05) is 6.07 Å². The molecule has 1 saturated carbocycles. The molecule has 122 valence electrons. The minimum Gasteiger partial charge on any atom is -0.493 e. The Bertz CT molecular complexity index is 713. The quantitative estimate of drug-likeness (QED) is 0.790. The number of hydrogen-bond acceptors (Lipinski definition) is 4. The van der Waals surface area contributed by atoms with Crippen LogP contribution < -0.4 is 20.1 Å². The van der Waals surface area contributed by atoms with E-state index in [4.69, 9.17) is 9.47 Å². The predicted molar refractivity (Wildman–Crippen MR) is 87.3 cm³/mol. The molecule has 3 N–H and O–H groups in total. The molecule has 7 heteroatoms. The predicted octanol–water partition coefficient (Wildman–Crippen LogP) is 3.19. The average Bonchev–Trinajstić information content (AvgIpc) is 3.09. The molecule has 2 aromatic rings. The molecule has 1 aromatic carbocycles. The van der Waals surface area contributed by atoms with E-state index in [9.17, 15) is 4.79 Å². The van der Waals surface area contributed by atoms with Gasteiger partial charge in [0, 0.05) is 29.4 Å². The first-order valence-electron chi connectivity index (χ1n) is 7.46. The largest absolute Gasteiger partial charge is 0.493 e. The summed E-state index contributed by atoms with van der Waals surface area (Å²) in [6, 6.07) is 6.68. The average molecular weight is 316 g/mol. The molecule has 3 rings (SSSR count). The van der Waals surface area contributed by atoms with E-state index in [0.717, 1.165) is 5.69 Å². The second-order valence-corrected chi connectivity index (χ2v) is 5.68. The summed E-state index contributed by atoms with van der Waals surface area (Å²) in [6.45, 7) is 2.20. The highest BCUT2D eigenvalue weighted by atomic mass is 16.5. The van der Waals surface area contributed by atoms with Gasteiger partial charge in [0.1, 0.15) is 0 Å². The summed E-state index contributed by atoms with van der Waals surface area (Å²) in [7, 11) is 3.11. The van der Waals surface area contributed by atoms with Crippen molar-refractivity contribution in [2.75, 3.05) is 24.9 Å². The van der Waals surface area contributed by atoms with Crippen LogP contribution in [0.5, 0.6) is 11.5 Å². The fourth-order valence-electron chi connectivity index (χ4n) is 2.54. The molecule has 2 amide bonds. The zero-order chi connectivity index (χ0) is 16.4. The Kier molecular flexibility index (Phi) is 4.10. The van der Waals surface area contributed by atoms with Gasteiger partial charge < -0.3 is 14.8 Å². The van der Waals surface area contributed by atoms with E-state index in [-0.39, 0.29) is 6.03 Å². The number of carbonyl (C=O) groups excluding carboxylic acids is 1. The Morgan fingerprint density at radius 1 is 1.22 bits per heavy atom. The first-order valence-corrected chi connectivity index (χ1v) is 7.46. The fourth-order valence-corrected chi connectivity index (χ4v) is 2.54. The Morgan fingerprint density at radius 3 is 2.61 bits per heavy atom. The van der Waals surface area contributed by atoms with Crippen LogP contribution in [0.3, 0.4) is 0 Å². The number of nitrogens with one attached hydrogen (secondary N) is 3. The fraction of sp³-hybridized carbons (Fsp3) is 0.375. The highest BCUT2D eigenvalue weighted by Gasteiger charge is 2.35. The monoisotopic (exact) mass is 316 g/mol. The molecule has 1 aliphatic carbocycles. The Labute approximate surface area is 134 Å². The number of nitrogens with zero attached hydrogens (tertiary/aromatic N) is 1. The lowest BCUT2D eigenvalue weighted by atomic mass is 10.2. The van der Waals surface area contributed by atoms with Crippen molar-refractivity contribution in [3.05, 3.63) is 30.0 Å². The van der Waals surface area contributed by atoms with Gasteiger partial charge >= 0.3 is 6.03 Å². The van der Waals surface area contributed by atoms with E-state index in [0.29, 0.717) is 34.8 Å². The van der Waals surface area contributed by atoms with Crippen molar-refractivity contribution in [2.24, 2.45) is 5.92 Å². The number of aromatic amines is 1. The molecule has 1 aromatic heterocycles. The number of aromatic nitrogens is 2. The minimum atomic E-state index is -0.362. The molecule has 2 unspecified atom stereocenters. The summed E-state index contributed by atoms with van der Waals surface area (Å²) in [5.74, 6) is 2.89. The molecule has 23 heavy (non-hydrogen) atoms. The Balaban J connectivity index is 1.61. The summed E-state index contributed by atoms with van der Waals surface area (Å²) in [5.41, 5.74) is 1.67. The van der Waals surface area contributed by atoms with Gasteiger partial charge in [-0.3, -0.25) is 10.4 Å². The third-order valence-corrected chi connectivity index (χ3v) is 3.99. The lowest BCUT2D eigenvalue weighted by molar-refractivity contribution is 0.262. The van der Waals surface area contributed by atoms with Crippen molar-refractivity contribution in [2.45, 2.75) is 19.3 Å². The van der Waals surface area contributed by atoms with Crippen molar-refractivity contribution < 1.29 is 14.3 Å². The van der Waals surface area contributed by atoms with Crippen molar-refractivity contribution in [3.8, 4) is 11.5 Å². The normalized spacial score (nSPS) is 19.1. The highest BCUT2D eigenvalue weighted by molar-refractivity contribution is 5.99. The SMILES string of the molecule is COc1ccc(NC(=O)Nc2cc(C3CC3C)[nH]n2)cc1OC. The van der Waals surface area contributed by atoms with Crippen LogP contribution in [0.4, 0.5) is 16.3 Å². The summed E-state index contributed by atoms with van der Waals surface area (Å²) < 4.78 is 10.4. The van der Waals surface area contributed by atoms with Crippen LogP contribution in [0.15, 0.2) is 24.3 Å². The minimum absolute atomic E-state index is 0.362. The lowest BCUT2D eigenvalue weighted by Gasteiger charge is -2.10. The number of ether oxygens (including phenoxy) is 2. The Morgan fingerprint density at radius 2 is 1.96 bits per heavy atom. The van der Waals surface area contributed by atoms with Crippen LogP contribution in [-0.2, 0) is 0 Å². The summed E-state index contributed by atoms with van der Waals surface area (Å²) in [5, 5.41) is 12.5. The van der Waals surface area contributed by atoms with Gasteiger partial charge in [-0.15, -0.1) is 0 Å². The van der Waals surface area contributed by atoms with E-state index in [2.05, 4.69) is 27.8 Å². The van der Waals surface area contributed by atoms with Crippen molar-refractivity contribution in [1.82, 2.24) is 10.2 Å².